The Kier molecular flexibility index (Phi) is 4.92. The summed E-state index contributed by atoms with van der Waals surface area (Å²) in [5.41, 5.74) is 1.82. The predicted octanol–water partition coefficient (Wildman–Crippen LogP) is 4.99. The van der Waals surface area contributed by atoms with Crippen LogP contribution in [0.15, 0.2) is 51.2 Å². The number of hydrogen-bond acceptors (Lipinski definition) is 3. The van der Waals surface area contributed by atoms with E-state index in [2.05, 4.69) is 10.3 Å². The molecule has 0 saturated heterocycles. The summed E-state index contributed by atoms with van der Waals surface area (Å²) in [4.78, 5) is 18.2. The third-order valence-electron chi connectivity index (χ3n) is 3.50. The molecule has 1 aliphatic heterocycles. The molecule has 3 rings (SSSR count). The average Bonchev–Trinajstić information content (AvgIpc) is 2.67. The van der Waals surface area contributed by atoms with Gasteiger partial charge in [-0.3, -0.25) is 4.79 Å². The minimum atomic E-state index is -0.321. The van der Waals surface area contributed by atoms with E-state index in [1.165, 1.54) is 23.9 Å². The summed E-state index contributed by atoms with van der Waals surface area (Å²) in [6.07, 6.45) is 0. The van der Waals surface area contributed by atoms with E-state index < -0.39 is 0 Å². The summed E-state index contributed by atoms with van der Waals surface area (Å²) in [6.45, 7) is 4.68. The number of fused-ring (bicyclic) bond motifs is 2. The summed E-state index contributed by atoms with van der Waals surface area (Å²) in [5, 5.41) is 3.17. The van der Waals surface area contributed by atoms with E-state index in [0.717, 1.165) is 4.90 Å². The lowest BCUT2D eigenvalue weighted by atomic mass is 10.1. The van der Waals surface area contributed by atoms with Crippen LogP contribution in [0.4, 0.5) is 10.1 Å². The van der Waals surface area contributed by atoms with Crippen LogP contribution < -0.4 is 5.32 Å². The van der Waals surface area contributed by atoms with E-state index in [4.69, 9.17) is 11.6 Å². The van der Waals surface area contributed by atoms with Crippen LogP contribution >= 0.6 is 23.4 Å². The number of amides is 1. The van der Waals surface area contributed by atoms with Crippen molar-refractivity contribution >= 4 is 40.1 Å². The highest BCUT2D eigenvalue weighted by Gasteiger charge is 2.18. The van der Waals surface area contributed by atoms with Gasteiger partial charge in [-0.05, 0) is 42.3 Å². The van der Waals surface area contributed by atoms with Gasteiger partial charge in [0.25, 0.3) is 5.91 Å². The minimum absolute atomic E-state index is 0.143. The zero-order chi connectivity index (χ0) is 17.3. The molecule has 0 saturated carbocycles. The Morgan fingerprint density at radius 1 is 1.25 bits per heavy atom. The topological polar surface area (TPSA) is 41.5 Å². The molecule has 0 atom stereocenters. The van der Waals surface area contributed by atoms with Gasteiger partial charge in [0.1, 0.15) is 11.0 Å². The highest BCUT2D eigenvalue weighted by molar-refractivity contribution is 7.99. The Hall–Kier alpha value is -1.85. The smallest absolute Gasteiger partial charge is 0.251 e. The van der Waals surface area contributed by atoms with Crippen molar-refractivity contribution in [1.82, 2.24) is 5.32 Å². The van der Waals surface area contributed by atoms with Gasteiger partial charge < -0.3 is 5.32 Å². The molecule has 3 nitrogen and oxygen atoms in total. The van der Waals surface area contributed by atoms with Gasteiger partial charge in [-0.2, -0.15) is 0 Å². The van der Waals surface area contributed by atoms with Crippen molar-refractivity contribution in [2.75, 3.05) is 6.54 Å². The van der Waals surface area contributed by atoms with Gasteiger partial charge in [0.15, 0.2) is 0 Å². The van der Waals surface area contributed by atoms with Crippen LogP contribution in [-0.2, 0) is 0 Å². The van der Waals surface area contributed by atoms with Crippen LogP contribution in [0.1, 0.15) is 29.8 Å². The number of benzene rings is 2. The maximum atomic E-state index is 13.5. The highest BCUT2D eigenvalue weighted by Crippen LogP contribution is 2.41. The average molecular weight is 363 g/mol. The number of carbonyl (C=O) groups excluding carboxylic acids is 1. The molecule has 2 aromatic rings. The van der Waals surface area contributed by atoms with Gasteiger partial charge in [0, 0.05) is 27.5 Å². The number of carbonyl (C=O) groups is 1. The predicted molar refractivity (Wildman–Crippen MR) is 96.2 cm³/mol. The van der Waals surface area contributed by atoms with Gasteiger partial charge >= 0.3 is 0 Å². The Morgan fingerprint density at radius 3 is 2.79 bits per heavy atom. The van der Waals surface area contributed by atoms with Crippen molar-refractivity contribution in [2.24, 2.45) is 10.9 Å². The fourth-order valence-corrected chi connectivity index (χ4v) is 3.61. The molecular weight excluding hydrogens is 347 g/mol. The standard InChI is InChI=1S/C18H16ClFN2OS/c1-10(2)9-21-18(23)11-3-6-15-14(7-11)22-17(19)13-5-4-12(20)8-16(13)24-15/h3-8,10H,9H2,1-2H3,(H,21,23). The minimum Gasteiger partial charge on any atom is -0.352 e. The first-order valence-corrected chi connectivity index (χ1v) is 8.77. The molecule has 124 valence electrons. The Bertz CT molecular complexity index is 836. The maximum absolute atomic E-state index is 13.5. The molecule has 0 fully saturated rings. The molecule has 0 aliphatic carbocycles. The van der Waals surface area contributed by atoms with E-state index in [1.807, 2.05) is 19.9 Å². The summed E-state index contributed by atoms with van der Waals surface area (Å²) in [7, 11) is 0. The Balaban J connectivity index is 1.95. The molecule has 1 heterocycles. The first kappa shape index (κ1) is 17.0. The third-order valence-corrected chi connectivity index (χ3v) is 4.91. The van der Waals surface area contributed by atoms with Crippen molar-refractivity contribution in [3.63, 3.8) is 0 Å². The van der Waals surface area contributed by atoms with E-state index in [1.54, 1.807) is 18.2 Å². The number of nitrogens with one attached hydrogen (secondary N) is 1. The van der Waals surface area contributed by atoms with Crippen molar-refractivity contribution < 1.29 is 9.18 Å². The lowest BCUT2D eigenvalue weighted by molar-refractivity contribution is 0.0949. The SMILES string of the molecule is CC(C)CNC(=O)c1ccc2c(c1)N=C(Cl)c1ccc(F)cc1S2. The molecule has 6 heteroatoms. The number of hydrogen-bond donors (Lipinski definition) is 1. The summed E-state index contributed by atoms with van der Waals surface area (Å²) in [6, 6.07) is 9.69. The number of rotatable bonds is 3. The van der Waals surface area contributed by atoms with E-state index in [9.17, 15) is 9.18 Å². The van der Waals surface area contributed by atoms with Gasteiger partial charge in [0.05, 0.1) is 5.69 Å². The summed E-state index contributed by atoms with van der Waals surface area (Å²) >= 11 is 7.67. The van der Waals surface area contributed by atoms with Crippen LogP contribution in [0.2, 0.25) is 0 Å². The molecular formula is C18H16ClFN2OS. The van der Waals surface area contributed by atoms with E-state index >= 15 is 0 Å². The summed E-state index contributed by atoms with van der Waals surface area (Å²) in [5.74, 6) is -0.0864. The molecule has 0 unspecified atom stereocenters. The number of nitrogens with zero attached hydrogens (tertiary/aromatic N) is 1. The van der Waals surface area contributed by atoms with Crippen LogP contribution in [0.5, 0.6) is 0 Å². The van der Waals surface area contributed by atoms with Gasteiger partial charge in [0.2, 0.25) is 0 Å². The molecule has 1 aliphatic rings. The zero-order valence-corrected chi connectivity index (χ0v) is 14.8. The van der Waals surface area contributed by atoms with Crippen molar-refractivity contribution in [1.29, 1.82) is 0 Å². The lowest BCUT2D eigenvalue weighted by Crippen LogP contribution is -2.27. The number of aliphatic imine (C=N–C) groups is 1. The second kappa shape index (κ2) is 6.95. The monoisotopic (exact) mass is 362 g/mol. The quantitative estimate of drug-likeness (QED) is 0.835. The molecule has 0 aromatic heterocycles. The second-order valence-electron chi connectivity index (χ2n) is 5.93. The molecule has 24 heavy (non-hydrogen) atoms. The normalized spacial score (nSPS) is 13.0. The van der Waals surface area contributed by atoms with Crippen molar-refractivity contribution in [3.8, 4) is 0 Å². The fourth-order valence-electron chi connectivity index (χ4n) is 2.27. The molecule has 1 N–H and O–H groups in total. The van der Waals surface area contributed by atoms with Crippen molar-refractivity contribution in [2.45, 2.75) is 23.6 Å². The number of halogens is 2. The van der Waals surface area contributed by atoms with Gasteiger partial charge in [-0.15, -0.1) is 0 Å². The first-order chi connectivity index (χ1) is 11.4. The Morgan fingerprint density at radius 2 is 2.04 bits per heavy atom. The third kappa shape index (κ3) is 3.62. The fraction of sp³-hybridized carbons (Fsp3) is 0.222. The molecule has 2 aromatic carbocycles. The second-order valence-corrected chi connectivity index (χ2v) is 7.37. The van der Waals surface area contributed by atoms with Crippen LogP contribution in [0, 0.1) is 11.7 Å². The largest absolute Gasteiger partial charge is 0.352 e. The maximum Gasteiger partial charge on any atom is 0.251 e. The van der Waals surface area contributed by atoms with Crippen molar-refractivity contribution in [3.05, 3.63) is 53.3 Å². The van der Waals surface area contributed by atoms with Gasteiger partial charge in [-0.25, -0.2) is 9.38 Å². The lowest BCUT2D eigenvalue weighted by Gasteiger charge is -2.09. The van der Waals surface area contributed by atoms with Crippen LogP contribution in [0.25, 0.3) is 0 Å². The molecule has 1 amide bonds. The van der Waals surface area contributed by atoms with E-state index in [-0.39, 0.29) is 16.9 Å². The molecule has 0 radical (unpaired) electrons. The highest BCUT2D eigenvalue weighted by atomic mass is 35.5. The summed E-state index contributed by atoms with van der Waals surface area (Å²) < 4.78 is 13.5. The Labute approximate surface area is 149 Å². The van der Waals surface area contributed by atoms with Crippen LogP contribution in [-0.4, -0.2) is 17.6 Å². The van der Waals surface area contributed by atoms with E-state index in [0.29, 0.717) is 34.2 Å². The molecule has 0 spiro atoms. The zero-order valence-electron chi connectivity index (χ0n) is 13.3. The van der Waals surface area contributed by atoms with Crippen LogP contribution in [0.3, 0.4) is 0 Å². The van der Waals surface area contributed by atoms with Gasteiger partial charge in [-0.1, -0.05) is 37.2 Å². The molecule has 0 bridgehead atoms. The first-order valence-electron chi connectivity index (χ1n) is 7.58.